The van der Waals surface area contributed by atoms with Crippen molar-refractivity contribution in [1.82, 2.24) is 0 Å². The molecule has 0 saturated carbocycles. The third-order valence-electron chi connectivity index (χ3n) is 0.500. The van der Waals surface area contributed by atoms with E-state index in [1.54, 1.807) is 0 Å². The van der Waals surface area contributed by atoms with Gasteiger partial charge >= 0.3 is 0 Å². The molecule has 0 N–H and O–H groups in total. The van der Waals surface area contributed by atoms with Gasteiger partial charge in [0.2, 0.25) is 0 Å². The molecular weight excluding hydrogens is 262 g/mol. The summed E-state index contributed by atoms with van der Waals surface area (Å²) in [6, 6.07) is 0. The van der Waals surface area contributed by atoms with E-state index in [0.29, 0.717) is 0 Å². The number of hydrogen-bond donors (Lipinski definition) is 0. The second-order valence-corrected chi connectivity index (χ2v) is 1.06. The van der Waals surface area contributed by atoms with E-state index in [1.165, 1.54) is 6.42 Å². The first-order valence-electron chi connectivity index (χ1n) is 2.00. The van der Waals surface area contributed by atoms with Gasteiger partial charge in [-0.2, -0.15) is 12.8 Å². The molecule has 9 heavy (non-hydrogen) atoms. The Morgan fingerprint density at radius 2 is 1.00 bits per heavy atom. The third-order valence-corrected chi connectivity index (χ3v) is 0.500. The third kappa shape index (κ3) is 38.8. The fourth-order valence-corrected chi connectivity index (χ4v) is 0.177. The molecule has 0 nitrogen and oxygen atoms in total. The van der Waals surface area contributed by atoms with Crippen LogP contribution in [0.15, 0.2) is 0 Å². The van der Waals surface area contributed by atoms with Gasteiger partial charge in [-0.05, 0) is 0 Å². The molecule has 0 spiro atoms. The van der Waals surface area contributed by atoms with Crippen LogP contribution in [0, 0.1) is 28.7 Å². The van der Waals surface area contributed by atoms with Crippen molar-refractivity contribution < 1.29 is 65.4 Å². The molecule has 54 valence electrons. The van der Waals surface area contributed by atoms with Crippen LogP contribution in [0.3, 0.4) is 0 Å². The second-order valence-electron chi connectivity index (χ2n) is 1.06. The molecule has 0 fully saturated rings. The summed E-state index contributed by atoms with van der Waals surface area (Å²) >= 11 is 0. The van der Waals surface area contributed by atoms with Crippen molar-refractivity contribution in [3.63, 3.8) is 0 Å². The van der Waals surface area contributed by atoms with Gasteiger partial charge in [0.15, 0.2) is 0 Å². The maximum absolute atomic E-state index is 3.64. The summed E-state index contributed by atoms with van der Waals surface area (Å²) in [4.78, 5) is 0. The Bertz CT molecular complexity index is 14.4. The smallest absolute Gasteiger partial charge is 0 e. The molecule has 2 heteroatoms. The van der Waals surface area contributed by atoms with Crippen molar-refractivity contribution in [3.8, 4) is 0 Å². The Hall–Kier alpha value is 2.21. The summed E-state index contributed by atoms with van der Waals surface area (Å²) < 4.78 is 0. The molecule has 0 amide bonds. The predicted molar refractivity (Wildman–Crippen MR) is 37.4 cm³/mol. The van der Waals surface area contributed by atoms with Crippen LogP contribution in [-0.4, -0.2) is 0 Å². The number of rotatable bonds is 2. The van der Waals surface area contributed by atoms with E-state index in [9.17, 15) is 0 Å². The minimum absolute atomic E-state index is 0. The van der Waals surface area contributed by atoms with Crippen LogP contribution in [0.5, 0.6) is 0 Å². The molecular formula is C7H16Y2-4. The van der Waals surface area contributed by atoms with E-state index in [4.69, 9.17) is 0 Å². The largest absolute Gasteiger partial charge is 0.358 e. The van der Waals surface area contributed by atoms with Crippen LogP contribution < -0.4 is 0 Å². The zero-order chi connectivity index (χ0) is 4.12. The van der Waals surface area contributed by atoms with Crippen LogP contribution in [-0.2, 0) is 65.4 Å². The van der Waals surface area contributed by atoms with E-state index in [1.807, 2.05) is 0 Å². The summed E-state index contributed by atoms with van der Waals surface area (Å²) in [5.74, 6) is 0. The van der Waals surface area contributed by atoms with Crippen molar-refractivity contribution in [3.05, 3.63) is 28.7 Å². The topological polar surface area (TPSA) is 0 Å². The van der Waals surface area contributed by atoms with Crippen LogP contribution >= 0.6 is 0 Å². The normalized spacial score (nSPS) is 4.67. The molecule has 0 bridgehead atoms. The molecule has 0 aromatic carbocycles. The molecule has 0 unspecified atom stereocenters. The van der Waals surface area contributed by atoms with E-state index in [2.05, 4.69) is 13.8 Å². The maximum Gasteiger partial charge on any atom is 0 e. The average molecular weight is 278 g/mol. The molecule has 0 heterocycles. The van der Waals surface area contributed by atoms with Gasteiger partial charge in [-0.1, -0.05) is 0 Å². The monoisotopic (exact) mass is 278 g/mol. The van der Waals surface area contributed by atoms with Gasteiger partial charge in [-0.25, -0.2) is 0 Å². The maximum atomic E-state index is 3.64. The van der Waals surface area contributed by atoms with Crippen molar-refractivity contribution in [1.29, 1.82) is 0 Å². The predicted octanol–water partition coefficient (Wildman–Crippen LogP) is 2.72. The van der Waals surface area contributed by atoms with Gasteiger partial charge in [-0.15, -0.1) is 6.42 Å². The summed E-state index contributed by atoms with van der Waals surface area (Å²) in [7, 11) is 0. The van der Waals surface area contributed by atoms with Crippen molar-refractivity contribution in [2.24, 2.45) is 0 Å². The molecule has 0 aliphatic rings. The number of hydrogen-bond acceptors (Lipinski definition) is 0. The molecule has 0 aromatic heterocycles. The second kappa shape index (κ2) is 31.9. The van der Waals surface area contributed by atoms with Crippen LogP contribution in [0.1, 0.15) is 19.3 Å². The summed E-state index contributed by atoms with van der Waals surface area (Å²) in [5, 5.41) is 0. The summed E-state index contributed by atoms with van der Waals surface area (Å²) in [6.07, 6.45) is 3.23. The van der Waals surface area contributed by atoms with Crippen molar-refractivity contribution in [2.75, 3.05) is 0 Å². The molecule has 2 radical (unpaired) electrons. The molecule has 0 aromatic rings. The van der Waals surface area contributed by atoms with Crippen LogP contribution in [0.25, 0.3) is 0 Å². The van der Waals surface area contributed by atoms with E-state index >= 15 is 0 Å². The zero-order valence-corrected chi connectivity index (χ0v) is 12.4. The fraction of sp³-hybridized carbons (Fsp3) is 0.429. The van der Waals surface area contributed by atoms with Gasteiger partial charge in [0.25, 0.3) is 0 Å². The van der Waals surface area contributed by atoms with Gasteiger partial charge in [0.1, 0.15) is 0 Å². The van der Waals surface area contributed by atoms with Crippen LogP contribution in [0.2, 0.25) is 0 Å². The minimum atomic E-state index is 0. The standard InChI is InChI=1S/C5H10.2CH3.2Y/c1-3-5-4-2;;;;/h1-5H2;2*1H3;;/q-2;2*-1;;. The zero-order valence-electron chi connectivity index (χ0n) is 6.69. The van der Waals surface area contributed by atoms with Crippen LogP contribution in [0.4, 0.5) is 0 Å². The Balaban J connectivity index is -0.0000000133. The first-order chi connectivity index (χ1) is 2.41. The molecule has 0 saturated heterocycles. The van der Waals surface area contributed by atoms with Gasteiger partial charge in [0, 0.05) is 65.4 Å². The first-order valence-corrected chi connectivity index (χ1v) is 2.00. The van der Waals surface area contributed by atoms with Gasteiger partial charge in [0.05, 0.1) is 0 Å². The quantitative estimate of drug-likeness (QED) is 0.681. The Morgan fingerprint density at radius 3 is 1.00 bits per heavy atom. The molecule has 0 aliphatic carbocycles. The van der Waals surface area contributed by atoms with E-state index < -0.39 is 0 Å². The average Bonchev–Trinajstić information content (AvgIpc) is 1.41. The summed E-state index contributed by atoms with van der Waals surface area (Å²) in [6.45, 7) is 7.27. The summed E-state index contributed by atoms with van der Waals surface area (Å²) in [5.41, 5.74) is 0. The SMILES string of the molecule is [CH2-]CCC[CH2-].[CH3-].[CH3-].[Y].[Y]. The Kier molecular flexibility index (Phi) is 107. The number of unbranched alkanes of at least 4 members (excludes halogenated alkanes) is 2. The van der Waals surface area contributed by atoms with Gasteiger partial charge in [-0.3, -0.25) is 0 Å². The first kappa shape index (κ1) is 30.3. The van der Waals surface area contributed by atoms with E-state index in [-0.39, 0.29) is 80.3 Å². The molecule has 0 aliphatic heterocycles. The van der Waals surface area contributed by atoms with Crippen molar-refractivity contribution >= 4 is 0 Å². The molecule has 0 rings (SSSR count). The Morgan fingerprint density at radius 1 is 0.778 bits per heavy atom. The minimum Gasteiger partial charge on any atom is -0.358 e. The Labute approximate surface area is 112 Å². The van der Waals surface area contributed by atoms with E-state index in [0.717, 1.165) is 12.8 Å². The van der Waals surface area contributed by atoms with Crippen molar-refractivity contribution in [2.45, 2.75) is 19.3 Å². The fourth-order valence-electron chi connectivity index (χ4n) is 0.177. The van der Waals surface area contributed by atoms with Gasteiger partial charge < -0.3 is 28.7 Å². The molecule has 0 atom stereocenters.